The van der Waals surface area contributed by atoms with E-state index in [1.54, 1.807) is 24.3 Å². The zero-order chi connectivity index (χ0) is 9.97. The van der Waals surface area contributed by atoms with Crippen LogP contribution in [0.1, 0.15) is 0 Å². The van der Waals surface area contributed by atoms with E-state index in [0.29, 0.717) is 11.0 Å². The van der Waals surface area contributed by atoms with Gasteiger partial charge in [0.2, 0.25) is 0 Å². The lowest BCUT2D eigenvalue weighted by molar-refractivity contribution is -0.257. The first-order chi connectivity index (χ1) is 6.77. The molecule has 1 aromatic heterocycles. The van der Waals surface area contributed by atoms with Crippen LogP contribution in [0.15, 0.2) is 24.3 Å². The molecule has 14 heavy (non-hydrogen) atoms. The van der Waals surface area contributed by atoms with Crippen LogP contribution in [-0.4, -0.2) is 26.4 Å². The Labute approximate surface area is 77.3 Å². The highest BCUT2D eigenvalue weighted by Gasteiger charge is 2.06. The maximum absolute atomic E-state index is 10.0. The van der Waals surface area contributed by atoms with Crippen molar-refractivity contribution in [2.24, 2.45) is 0 Å². The number of rotatable bonds is 2. The third-order valence-electron chi connectivity index (χ3n) is 1.50. The van der Waals surface area contributed by atoms with Crippen LogP contribution in [-0.2, 0) is 4.89 Å². The smallest absolute Gasteiger partial charge is 0.447 e. The lowest BCUT2D eigenvalue weighted by Gasteiger charge is -1.97. The van der Waals surface area contributed by atoms with Gasteiger partial charge < -0.3 is 5.11 Å². The lowest BCUT2D eigenvalue weighted by atomic mass is 10.3. The first kappa shape index (κ1) is 8.30. The Hall–Kier alpha value is -2.31. The van der Waals surface area contributed by atoms with Gasteiger partial charge in [0.25, 0.3) is 0 Å². The third kappa shape index (κ3) is 1.42. The molecule has 1 N–H and O–H groups in total. The molecular weight excluding hydrogens is 190 g/mol. The normalized spacial score (nSPS) is 10.0. The van der Waals surface area contributed by atoms with Crippen molar-refractivity contribution in [1.29, 1.82) is 0 Å². The maximum Gasteiger partial charge on any atom is 0.549 e. The number of nitrogens with zero attached hydrogens (tertiary/aromatic N) is 3. The minimum atomic E-state index is -1.55. The standard InChI is InChI=1S/C7H5N3O4/c11-7(12)13-14-10-6-4-2-1-3-5(6)8-9-10/h1-4H,(H,11,12). The van der Waals surface area contributed by atoms with E-state index in [1.807, 2.05) is 0 Å². The van der Waals surface area contributed by atoms with Crippen LogP contribution < -0.4 is 4.99 Å². The predicted octanol–water partition coefficient (Wildman–Crippen LogP) is 0.469. The first-order valence-electron chi connectivity index (χ1n) is 3.66. The van der Waals surface area contributed by atoms with Gasteiger partial charge in [0, 0.05) is 0 Å². The molecule has 1 heterocycles. The SMILES string of the molecule is O=C(O)OOn1nnc2ccccc21. The van der Waals surface area contributed by atoms with Crippen LogP contribution in [0.2, 0.25) is 0 Å². The number of fused-ring (bicyclic) bond motifs is 1. The molecule has 2 rings (SSSR count). The minimum Gasteiger partial charge on any atom is -0.447 e. The van der Waals surface area contributed by atoms with Gasteiger partial charge in [0.05, 0.1) is 0 Å². The summed E-state index contributed by atoms with van der Waals surface area (Å²) in [7, 11) is 0. The fourth-order valence-corrected chi connectivity index (χ4v) is 0.970. The van der Waals surface area contributed by atoms with E-state index >= 15 is 0 Å². The summed E-state index contributed by atoms with van der Waals surface area (Å²) in [6, 6.07) is 6.90. The predicted molar refractivity (Wildman–Crippen MR) is 43.2 cm³/mol. The van der Waals surface area contributed by atoms with E-state index in [4.69, 9.17) is 5.11 Å². The number of carbonyl (C=O) groups is 1. The molecule has 0 amide bonds. The van der Waals surface area contributed by atoms with Gasteiger partial charge in [-0.2, -0.15) is 9.88 Å². The van der Waals surface area contributed by atoms with Crippen LogP contribution in [0.4, 0.5) is 4.79 Å². The van der Waals surface area contributed by atoms with Crippen LogP contribution in [0.3, 0.4) is 0 Å². The number of aromatic nitrogens is 3. The summed E-state index contributed by atoms with van der Waals surface area (Å²) >= 11 is 0. The van der Waals surface area contributed by atoms with Crippen molar-refractivity contribution in [2.75, 3.05) is 0 Å². The molecule has 7 heteroatoms. The van der Waals surface area contributed by atoms with Gasteiger partial charge >= 0.3 is 6.16 Å². The molecule has 0 unspecified atom stereocenters. The van der Waals surface area contributed by atoms with Crippen molar-refractivity contribution in [2.45, 2.75) is 0 Å². The molecule has 0 bridgehead atoms. The number of para-hydroxylation sites is 1. The quantitative estimate of drug-likeness (QED) is 0.553. The summed E-state index contributed by atoms with van der Waals surface area (Å²) < 4.78 is 0. The second-order valence-electron chi connectivity index (χ2n) is 2.37. The summed E-state index contributed by atoms with van der Waals surface area (Å²) in [6.07, 6.45) is -1.55. The molecule has 7 nitrogen and oxygen atoms in total. The van der Waals surface area contributed by atoms with Gasteiger partial charge in [0.15, 0.2) is 0 Å². The second kappa shape index (κ2) is 3.21. The number of carboxylic acid groups (broad SMARTS) is 1. The van der Waals surface area contributed by atoms with Gasteiger partial charge in [-0.1, -0.05) is 12.1 Å². The fraction of sp³-hybridized carbons (Fsp3) is 0. The average Bonchev–Trinajstić information content (AvgIpc) is 2.58. The Kier molecular flexibility index (Phi) is 1.90. The number of hydrogen-bond donors (Lipinski definition) is 1. The van der Waals surface area contributed by atoms with E-state index in [1.165, 1.54) is 0 Å². The topological polar surface area (TPSA) is 86.5 Å². The van der Waals surface area contributed by atoms with Crippen molar-refractivity contribution in [3.63, 3.8) is 0 Å². The number of hydrogen-bond acceptors (Lipinski definition) is 5. The average molecular weight is 195 g/mol. The Morgan fingerprint density at radius 1 is 1.43 bits per heavy atom. The Balaban J connectivity index is 2.29. The second-order valence-corrected chi connectivity index (χ2v) is 2.37. The van der Waals surface area contributed by atoms with Crippen LogP contribution in [0.5, 0.6) is 0 Å². The van der Waals surface area contributed by atoms with Crippen LogP contribution in [0, 0.1) is 0 Å². The van der Waals surface area contributed by atoms with Gasteiger partial charge in [-0.25, -0.2) is 4.79 Å². The van der Waals surface area contributed by atoms with Crippen molar-refractivity contribution in [3.8, 4) is 0 Å². The summed E-state index contributed by atoms with van der Waals surface area (Å²) in [4.78, 5) is 19.1. The van der Waals surface area contributed by atoms with E-state index in [2.05, 4.69) is 20.2 Å². The molecule has 0 radical (unpaired) electrons. The molecule has 0 aliphatic heterocycles. The molecule has 0 atom stereocenters. The van der Waals surface area contributed by atoms with Crippen LogP contribution >= 0.6 is 0 Å². The highest BCUT2D eigenvalue weighted by atomic mass is 17.3. The van der Waals surface area contributed by atoms with Crippen molar-refractivity contribution >= 4 is 17.2 Å². The highest BCUT2D eigenvalue weighted by molar-refractivity contribution is 5.73. The zero-order valence-corrected chi connectivity index (χ0v) is 6.82. The highest BCUT2D eigenvalue weighted by Crippen LogP contribution is 2.07. The largest absolute Gasteiger partial charge is 0.549 e. The Bertz CT molecular complexity index is 467. The van der Waals surface area contributed by atoms with Crippen LogP contribution in [0.25, 0.3) is 11.0 Å². The summed E-state index contributed by atoms with van der Waals surface area (Å²) in [5, 5.41) is 15.4. The minimum absolute atomic E-state index is 0.522. The Morgan fingerprint density at radius 3 is 3.00 bits per heavy atom. The third-order valence-corrected chi connectivity index (χ3v) is 1.50. The lowest BCUT2D eigenvalue weighted by Crippen LogP contribution is -2.16. The molecule has 72 valence electrons. The van der Waals surface area contributed by atoms with E-state index in [0.717, 1.165) is 4.85 Å². The van der Waals surface area contributed by atoms with Gasteiger partial charge in [-0.3, -0.25) is 0 Å². The fourth-order valence-electron chi connectivity index (χ4n) is 0.970. The van der Waals surface area contributed by atoms with E-state index in [-0.39, 0.29) is 0 Å². The Morgan fingerprint density at radius 2 is 2.21 bits per heavy atom. The molecule has 0 aliphatic rings. The van der Waals surface area contributed by atoms with E-state index < -0.39 is 6.16 Å². The van der Waals surface area contributed by atoms with Gasteiger partial charge in [-0.05, 0) is 22.2 Å². The van der Waals surface area contributed by atoms with Crippen molar-refractivity contribution in [3.05, 3.63) is 24.3 Å². The maximum atomic E-state index is 10.0. The molecule has 0 aliphatic carbocycles. The molecule has 0 spiro atoms. The summed E-state index contributed by atoms with van der Waals surface area (Å²) in [5.74, 6) is 0. The van der Waals surface area contributed by atoms with Gasteiger partial charge in [0.1, 0.15) is 11.0 Å². The van der Waals surface area contributed by atoms with Crippen molar-refractivity contribution in [1.82, 2.24) is 15.2 Å². The molecule has 1 aromatic carbocycles. The molecule has 0 saturated carbocycles. The summed E-state index contributed by atoms with van der Waals surface area (Å²) in [6.45, 7) is 0. The molecule has 2 aromatic rings. The van der Waals surface area contributed by atoms with Gasteiger partial charge in [-0.15, -0.1) is 5.10 Å². The monoisotopic (exact) mass is 195 g/mol. The number of benzene rings is 1. The van der Waals surface area contributed by atoms with E-state index in [9.17, 15) is 4.79 Å². The first-order valence-corrected chi connectivity index (χ1v) is 3.66. The zero-order valence-electron chi connectivity index (χ0n) is 6.82. The molecule has 0 fully saturated rings. The summed E-state index contributed by atoms with van der Waals surface area (Å²) in [5.41, 5.74) is 1.11. The van der Waals surface area contributed by atoms with Crippen molar-refractivity contribution < 1.29 is 19.8 Å². The molecular formula is C7H5N3O4. The molecule has 0 saturated heterocycles.